The molecule has 1 fully saturated rings. The topological polar surface area (TPSA) is 114 Å². The maximum Gasteiger partial charge on any atom is 0.412 e. The molecule has 1 atom stereocenters. The lowest BCUT2D eigenvalue weighted by Gasteiger charge is -2.40. The molecule has 2 aromatic carbocycles. The molecule has 1 aliphatic carbocycles. The lowest BCUT2D eigenvalue weighted by atomic mass is 9.87. The smallest absolute Gasteiger partial charge is 0.412 e. The third-order valence-electron chi connectivity index (χ3n) is 6.97. The highest BCUT2D eigenvalue weighted by Crippen LogP contribution is 2.44. The van der Waals surface area contributed by atoms with Crippen LogP contribution in [0.3, 0.4) is 0 Å². The molecule has 9 nitrogen and oxygen atoms in total. The number of aryl methyl sites for hydroxylation is 1. The van der Waals surface area contributed by atoms with Gasteiger partial charge in [-0.3, -0.25) is 19.6 Å². The summed E-state index contributed by atoms with van der Waals surface area (Å²) in [7, 11) is 1.63. The normalized spacial score (nSPS) is 15.7. The Kier molecular flexibility index (Phi) is 5.76. The Morgan fingerprint density at radius 2 is 1.69 bits per heavy atom. The van der Waals surface area contributed by atoms with Crippen molar-refractivity contribution in [3.05, 3.63) is 71.4 Å². The Hall–Kier alpha value is -4.14. The number of hydrogen-bond acceptors (Lipinski definition) is 5. The molecule has 2 aliphatic rings. The molecule has 2 amide bonds. The van der Waals surface area contributed by atoms with E-state index in [0.717, 1.165) is 22.3 Å². The first kappa shape index (κ1) is 22.6. The van der Waals surface area contributed by atoms with Gasteiger partial charge in [0.1, 0.15) is 12.4 Å². The largest absolute Gasteiger partial charge is 0.481 e. The maximum absolute atomic E-state index is 12.7. The van der Waals surface area contributed by atoms with Gasteiger partial charge in [0.25, 0.3) is 5.91 Å². The van der Waals surface area contributed by atoms with Gasteiger partial charge in [0.05, 0.1) is 5.92 Å². The number of carbonyl (C=O) groups excluding carboxylic acids is 2. The van der Waals surface area contributed by atoms with Crippen molar-refractivity contribution in [2.24, 2.45) is 18.9 Å². The third-order valence-corrected chi connectivity index (χ3v) is 6.97. The fraction of sp³-hybridized carbons (Fsp3) is 0.308. The standard InChI is InChI=1S/C26H26N4O5/c1-15(25(32)33)16-12-30(13-16)24(31)22-11-23(29(2)28-22)27-26(34)35-14-21-19-9-5-3-7-17(19)18-8-4-6-10-20(18)21/h3-11,15-16,21H,12-14H2,1-2H3,(H,27,34)(H,32,33). The number of nitrogens with one attached hydrogen (secondary N) is 1. The van der Waals surface area contributed by atoms with Gasteiger partial charge in [-0.05, 0) is 22.3 Å². The number of hydrogen-bond donors (Lipinski definition) is 2. The molecule has 1 unspecified atom stereocenters. The zero-order valence-electron chi connectivity index (χ0n) is 19.5. The summed E-state index contributed by atoms with van der Waals surface area (Å²) < 4.78 is 6.98. The van der Waals surface area contributed by atoms with Gasteiger partial charge in [-0.1, -0.05) is 55.5 Å². The first-order chi connectivity index (χ1) is 16.8. The Morgan fingerprint density at radius 3 is 2.29 bits per heavy atom. The van der Waals surface area contributed by atoms with E-state index in [9.17, 15) is 14.4 Å². The number of likely N-dealkylation sites (tertiary alicyclic amines) is 1. The highest BCUT2D eigenvalue weighted by molar-refractivity contribution is 5.95. The summed E-state index contributed by atoms with van der Waals surface area (Å²) in [6, 6.07) is 17.7. The molecule has 0 spiro atoms. The first-order valence-electron chi connectivity index (χ1n) is 11.5. The Morgan fingerprint density at radius 1 is 1.09 bits per heavy atom. The van der Waals surface area contributed by atoms with Crippen molar-refractivity contribution in [3.63, 3.8) is 0 Å². The van der Waals surface area contributed by atoms with Crippen molar-refractivity contribution in [3.8, 4) is 11.1 Å². The van der Waals surface area contributed by atoms with Crippen molar-refractivity contribution in [1.29, 1.82) is 0 Å². The molecule has 3 aromatic rings. The summed E-state index contributed by atoms with van der Waals surface area (Å²) in [5, 5.41) is 16.0. The van der Waals surface area contributed by atoms with Crippen LogP contribution in [-0.2, 0) is 16.6 Å². The number of aromatic nitrogens is 2. The number of benzene rings is 2. The molecule has 180 valence electrons. The molecular weight excluding hydrogens is 448 g/mol. The Labute approximate surface area is 202 Å². The van der Waals surface area contributed by atoms with Crippen LogP contribution in [0.5, 0.6) is 0 Å². The number of fused-ring (bicyclic) bond motifs is 3. The van der Waals surface area contributed by atoms with Crippen molar-refractivity contribution in [2.45, 2.75) is 12.8 Å². The van der Waals surface area contributed by atoms with Crippen molar-refractivity contribution in [1.82, 2.24) is 14.7 Å². The van der Waals surface area contributed by atoms with Crippen LogP contribution in [0.2, 0.25) is 0 Å². The monoisotopic (exact) mass is 474 g/mol. The zero-order chi connectivity index (χ0) is 24.7. The Balaban J connectivity index is 1.20. The van der Waals surface area contributed by atoms with Crippen molar-refractivity contribution in [2.75, 3.05) is 25.0 Å². The van der Waals surface area contributed by atoms with Crippen molar-refractivity contribution < 1.29 is 24.2 Å². The van der Waals surface area contributed by atoms with Gasteiger partial charge >= 0.3 is 12.1 Å². The molecule has 1 aliphatic heterocycles. The fourth-order valence-corrected chi connectivity index (χ4v) is 4.79. The summed E-state index contributed by atoms with van der Waals surface area (Å²) in [6.45, 7) is 2.57. The fourth-order valence-electron chi connectivity index (χ4n) is 4.79. The van der Waals surface area contributed by atoms with E-state index in [1.54, 1.807) is 18.9 Å². The van der Waals surface area contributed by atoms with Crippen LogP contribution in [0.1, 0.15) is 34.5 Å². The zero-order valence-corrected chi connectivity index (χ0v) is 19.5. The van der Waals surface area contributed by atoms with E-state index in [1.807, 2.05) is 24.3 Å². The number of carbonyl (C=O) groups is 3. The molecule has 1 aromatic heterocycles. The molecule has 0 bridgehead atoms. The molecular formula is C26H26N4O5. The molecule has 5 rings (SSSR count). The molecule has 2 N–H and O–H groups in total. The van der Waals surface area contributed by atoms with Crippen molar-refractivity contribution >= 4 is 23.8 Å². The van der Waals surface area contributed by atoms with E-state index >= 15 is 0 Å². The minimum Gasteiger partial charge on any atom is -0.481 e. The van der Waals surface area contributed by atoms with E-state index in [4.69, 9.17) is 9.84 Å². The number of amides is 2. The quantitative estimate of drug-likeness (QED) is 0.565. The average Bonchev–Trinajstić information content (AvgIpc) is 3.34. The molecule has 9 heteroatoms. The second-order valence-electron chi connectivity index (χ2n) is 9.09. The van der Waals surface area contributed by atoms with Gasteiger partial charge in [-0.15, -0.1) is 0 Å². The van der Waals surface area contributed by atoms with Gasteiger partial charge in [0.15, 0.2) is 5.69 Å². The summed E-state index contributed by atoms with van der Waals surface area (Å²) in [5.41, 5.74) is 4.73. The maximum atomic E-state index is 12.7. The van der Waals surface area contributed by atoms with E-state index < -0.39 is 18.0 Å². The highest BCUT2D eigenvalue weighted by Gasteiger charge is 2.38. The highest BCUT2D eigenvalue weighted by atomic mass is 16.5. The summed E-state index contributed by atoms with van der Waals surface area (Å²) in [5.74, 6) is -1.46. The number of nitrogens with zero attached hydrogens (tertiary/aromatic N) is 3. The first-order valence-corrected chi connectivity index (χ1v) is 11.5. The number of anilines is 1. The van der Waals surface area contributed by atoms with Crippen LogP contribution in [0.4, 0.5) is 10.6 Å². The van der Waals surface area contributed by atoms with E-state index in [2.05, 4.69) is 34.7 Å². The number of carboxylic acid groups (broad SMARTS) is 1. The minimum atomic E-state index is -0.866. The number of aliphatic carboxylic acids is 1. The lowest BCUT2D eigenvalue weighted by Crippen LogP contribution is -2.53. The molecule has 2 heterocycles. The van der Waals surface area contributed by atoms with Gasteiger partial charge < -0.3 is 14.7 Å². The average molecular weight is 475 g/mol. The van der Waals surface area contributed by atoms with Crippen LogP contribution in [0.15, 0.2) is 54.6 Å². The number of ether oxygens (including phenoxy) is 1. The van der Waals surface area contributed by atoms with E-state index in [0.29, 0.717) is 18.9 Å². The molecule has 35 heavy (non-hydrogen) atoms. The van der Waals surface area contributed by atoms with Gasteiger partial charge in [0.2, 0.25) is 0 Å². The van der Waals surface area contributed by atoms with Crippen LogP contribution in [0, 0.1) is 11.8 Å². The summed E-state index contributed by atoms with van der Waals surface area (Å²) in [6.07, 6.45) is -0.631. The lowest BCUT2D eigenvalue weighted by molar-refractivity contribution is -0.144. The summed E-state index contributed by atoms with van der Waals surface area (Å²) in [4.78, 5) is 38.0. The number of rotatable bonds is 6. The second kappa shape index (κ2) is 8.90. The van der Waals surface area contributed by atoms with Gasteiger partial charge in [-0.25, -0.2) is 4.79 Å². The Bertz CT molecular complexity index is 1270. The van der Waals surface area contributed by atoms with Gasteiger partial charge in [-0.2, -0.15) is 5.10 Å². The SMILES string of the molecule is CC(C(=O)O)C1CN(C(=O)c2cc(NC(=O)OCC3c4ccccc4-c4ccccc43)n(C)n2)C1. The van der Waals surface area contributed by atoms with Crippen LogP contribution in [-0.4, -0.2) is 57.5 Å². The second-order valence-corrected chi connectivity index (χ2v) is 9.09. The predicted molar refractivity (Wildman–Crippen MR) is 128 cm³/mol. The summed E-state index contributed by atoms with van der Waals surface area (Å²) >= 11 is 0. The molecule has 0 radical (unpaired) electrons. The molecule has 1 saturated heterocycles. The van der Waals surface area contributed by atoms with Crippen LogP contribution in [0.25, 0.3) is 11.1 Å². The van der Waals surface area contributed by atoms with Crippen LogP contribution >= 0.6 is 0 Å². The van der Waals surface area contributed by atoms with Gasteiger partial charge in [0, 0.05) is 38.0 Å². The van der Waals surface area contributed by atoms with Crippen LogP contribution < -0.4 is 5.32 Å². The van der Waals surface area contributed by atoms with E-state index in [-0.39, 0.29) is 30.0 Å². The van der Waals surface area contributed by atoms with E-state index in [1.165, 1.54) is 10.7 Å². The number of carboxylic acids is 1. The minimum absolute atomic E-state index is 0.0515. The third kappa shape index (κ3) is 4.14. The predicted octanol–water partition coefficient (Wildman–Crippen LogP) is 3.57. The molecule has 0 saturated carbocycles.